The maximum atomic E-state index is 12.5. The number of hydrogen-bond donors (Lipinski definition) is 3. The van der Waals surface area contributed by atoms with E-state index < -0.39 is 12.5 Å². The Bertz CT molecular complexity index is 273. The number of aliphatic hydroxyl groups excluding tert-OH is 1. The standard InChI is InChI=1S/C12H25N3O3/c1-8(2)10(14-12(17)18-4)11(16)15-6-5-13-7-9(15)3/h8-10,12-14,17H,5-7H2,1-4H3/t9-,10-,12?/m0/s1. The highest BCUT2D eigenvalue weighted by Gasteiger charge is 2.32. The van der Waals surface area contributed by atoms with Gasteiger partial charge in [-0.3, -0.25) is 10.1 Å². The molecule has 1 amide bonds. The topological polar surface area (TPSA) is 73.8 Å². The highest BCUT2D eigenvalue weighted by Crippen LogP contribution is 2.11. The van der Waals surface area contributed by atoms with E-state index in [1.807, 2.05) is 25.7 Å². The van der Waals surface area contributed by atoms with Crippen molar-refractivity contribution in [2.75, 3.05) is 26.7 Å². The van der Waals surface area contributed by atoms with Crippen LogP contribution in [-0.4, -0.2) is 61.2 Å². The highest BCUT2D eigenvalue weighted by atomic mass is 16.6. The predicted octanol–water partition coefficient (Wildman–Crippen LogP) is -0.657. The first kappa shape index (κ1) is 15.4. The molecular formula is C12H25N3O3. The molecule has 3 atom stereocenters. The fraction of sp³-hybridized carbons (Fsp3) is 0.917. The summed E-state index contributed by atoms with van der Waals surface area (Å²) in [5, 5.41) is 15.5. The summed E-state index contributed by atoms with van der Waals surface area (Å²) in [7, 11) is 1.40. The first-order valence-electron chi connectivity index (χ1n) is 6.45. The largest absolute Gasteiger partial charge is 0.356 e. The SMILES string of the molecule is COC(O)N[C@H](C(=O)N1CCNC[C@@H]1C)C(C)C. The fourth-order valence-corrected chi connectivity index (χ4v) is 2.12. The molecule has 3 N–H and O–H groups in total. The van der Waals surface area contributed by atoms with Crippen LogP contribution in [0.1, 0.15) is 20.8 Å². The van der Waals surface area contributed by atoms with Gasteiger partial charge >= 0.3 is 0 Å². The molecule has 0 saturated carbocycles. The van der Waals surface area contributed by atoms with E-state index >= 15 is 0 Å². The second kappa shape index (κ2) is 7.04. The number of methoxy groups -OCH3 is 1. The van der Waals surface area contributed by atoms with Gasteiger partial charge in [-0.05, 0) is 12.8 Å². The monoisotopic (exact) mass is 259 g/mol. The molecule has 1 heterocycles. The van der Waals surface area contributed by atoms with E-state index in [2.05, 4.69) is 10.6 Å². The normalized spacial score (nSPS) is 24.1. The van der Waals surface area contributed by atoms with Crippen molar-refractivity contribution in [1.82, 2.24) is 15.5 Å². The molecular weight excluding hydrogens is 234 g/mol. The van der Waals surface area contributed by atoms with Crippen molar-refractivity contribution >= 4 is 5.91 Å². The van der Waals surface area contributed by atoms with Crippen LogP contribution >= 0.6 is 0 Å². The summed E-state index contributed by atoms with van der Waals surface area (Å²) in [6.45, 7) is 8.24. The molecule has 6 nitrogen and oxygen atoms in total. The van der Waals surface area contributed by atoms with Gasteiger partial charge in [-0.1, -0.05) is 13.8 Å². The smallest absolute Gasteiger partial charge is 0.240 e. The van der Waals surface area contributed by atoms with Crippen molar-refractivity contribution in [3.8, 4) is 0 Å². The van der Waals surface area contributed by atoms with Crippen LogP contribution < -0.4 is 10.6 Å². The van der Waals surface area contributed by atoms with E-state index in [4.69, 9.17) is 4.74 Å². The van der Waals surface area contributed by atoms with Crippen LogP contribution in [0.25, 0.3) is 0 Å². The second-order valence-electron chi connectivity index (χ2n) is 5.06. The molecule has 1 rings (SSSR count). The number of nitrogens with zero attached hydrogens (tertiary/aromatic N) is 1. The number of rotatable bonds is 5. The van der Waals surface area contributed by atoms with Crippen molar-refractivity contribution < 1.29 is 14.6 Å². The molecule has 1 fully saturated rings. The molecule has 6 heteroatoms. The van der Waals surface area contributed by atoms with Crippen LogP contribution in [0.15, 0.2) is 0 Å². The van der Waals surface area contributed by atoms with Crippen molar-refractivity contribution in [1.29, 1.82) is 0 Å². The molecule has 18 heavy (non-hydrogen) atoms. The summed E-state index contributed by atoms with van der Waals surface area (Å²) < 4.78 is 4.76. The highest BCUT2D eigenvalue weighted by molar-refractivity contribution is 5.82. The van der Waals surface area contributed by atoms with Gasteiger partial charge in [-0.25, -0.2) is 0 Å². The maximum absolute atomic E-state index is 12.5. The number of carbonyl (C=O) groups excluding carboxylic acids is 1. The average molecular weight is 259 g/mol. The Kier molecular flexibility index (Phi) is 6.01. The third-order valence-corrected chi connectivity index (χ3v) is 3.26. The lowest BCUT2D eigenvalue weighted by atomic mass is 10.0. The van der Waals surface area contributed by atoms with Crippen LogP contribution in [0.2, 0.25) is 0 Å². The first-order valence-corrected chi connectivity index (χ1v) is 6.45. The fourth-order valence-electron chi connectivity index (χ4n) is 2.12. The molecule has 0 spiro atoms. The van der Waals surface area contributed by atoms with Gasteiger partial charge in [0.05, 0.1) is 6.04 Å². The second-order valence-corrected chi connectivity index (χ2v) is 5.06. The minimum absolute atomic E-state index is 0.0232. The molecule has 1 saturated heterocycles. The molecule has 106 valence electrons. The van der Waals surface area contributed by atoms with Gasteiger partial charge in [0.1, 0.15) is 0 Å². The van der Waals surface area contributed by atoms with Gasteiger partial charge in [-0.15, -0.1) is 0 Å². The lowest BCUT2D eigenvalue weighted by Gasteiger charge is -2.37. The van der Waals surface area contributed by atoms with E-state index in [9.17, 15) is 9.90 Å². The summed E-state index contributed by atoms with van der Waals surface area (Å²) >= 11 is 0. The van der Waals surface area contributed by atoms with Gasteiger partial charge in [0, 0.05) is 32.8 Å². The lowest BCUT2D eigenvalue weighted by Crippen LogP contribution is -2.59. The molecule has 0 bridgehead atoms. The first-order chi connectivity index (χ1) is 8.47. The number of aliphatic hydroxyl groups is 1. The summed E-state index contributed by atoms with van der Waals surface area (Å²) in [5.74, 6) is 0.111. The number of nitrogens with one attached hydrogen (secondary N) is 2. The number of ether oxygens (including phenoxy) is 1. The minimum atomic E-state index is -1.11. The Morgan fingerprint density at radius 2 is 2.22 bits per heavy atom. The van der Waals surface area contributed by atoms with E-state index in [0.717, 1.165) is 13.1 Å². The van der Waals surface area contributed by atoms with Crippen LogP contribution in [0.3, 0.4) is 0 Å². The van der Waals surface area contributed by atoms with Crippen LogP contribution in [0.4, 0.5) is 0 Å². The predicted molar refractivity (Wildman–Crippen MR) is 68.8 cm³/mol. The molecule has 1 aliphatic heterocycles. The van der Waals surface area contributed by atoms with Gasteiger partial charge in [0.25, 0.3) is 0 Å². The average Bonchev–Trinajstić information content (AvgIpc) is 2.35. The Hall–Kier alpha value is -0.690. The third-order valence-electron chi connectivity index (χ3n) is 3.26. The summed E-state index contributed by atoms with van der Waals surface area (Å²) in [6, 6.07) is -0.255. The zero-order chi connectivity index (χ0) is 13.7. The molecule has 0 aliphatic carbocycles. The van der Waals surface area contributed by atoms with E-state index in [1.165, 1.54) is 7.11 Å². The van der Waals surface area contributed by atoms with Crippen LogP contribution in [0.5, 0.6) is 0 Å². The Balaban J connectivity index is 2.69. The van der Waals surface area contributed by atoms with E-state index in [1.54, 1.807) is 0 Å². The zero-order valence-corrected chi connectivity index (χ0v) is 11.6. The van der Waals surface area contributed by atoms with Gasteiger partial charge in [0.2, 0.25) is 12.3 Å². The summed E-state index contributed by atoms with van der Waals surface area (Å²) in [5.41, 5.74) is 0. The van der Waals surface area contributed by atoms with Crippen molar-refractivity contribution in [2.45, 2.75) is 39.3 Å². The lowest BCUT2D eigenvalue weighted by molar-refractivity contribution is -0.146. The molecule has 1 unspecified atom stereocenters. The van der Waals surface area contributed by atoms with Gasteiger partial charge in [0.15, 0.2) is 0 Å². The Morgan fingerprint density at radius 3 is 2.72 bits per heavy atom. The minimum Gasteiger partial charge on any atom is -0.356 e. The Labute approximate surface area is 109 Å². The zero-order valence-electron chi connectivity index (χ0n) is 11.6. The summed E-state index contributed by atoms with van der Waals surface area (Å²) in [4.78, 5) is 14.3. The Morgan fingerprint density at radius 1 is 1.56 bits per heavy atom. The number of amides is 1. The van der Waals surface area contributed by atoms with Crippen LogP contribution in [0, 0.1) is 5.92 Å². The van der Waals surface area contributed by atoms with E-state index in [0.29, 0.717) is 6.54 Å². The summed E-state index contributed by atoms with van der Waals surface area (Å²) in [6.07, 6.45) is -1.11. The number of hydrogen-bond acceptors (Lipinski definition) is 5. The number of piperazine rings is 1. The molecule has 0 aromatic rings. The van der Waals surface area contributed by atoms with Gasteiger partial charge in [-0.2, -0.15) is 0 Å². The quantitative estimate of drug-likeness (QED) is 0.572. The number of carbonyl (C=O) groups is 1. The van der Waals surface area contributed by atoms with E-state index in [-0.39, 0.29) is 17.9 Å². The van der Waals surface area contributed by atoms with Crippen LogP contribution in [-0.2, 0) is 9.53 Å². The van der Waals surface area contributed by atoms with Crippen molar-refractivity contribution in [3.05, 3.63) is 0 Å². The molecule has 0 aromatic carbocycles. The van der Waals surface area contributed by atoms with Gasteiger partial charge < -0.3 is 20.1 Å². The third kappa shape index (κ3) is 3.91. The maximum Gasteiger partial charge on any atom is 0.240 e. The molecule has 1 aliphatic rings. The van der Waals surface area contributed by atoms with Crippen molar-refractivity contribution in [2.24, 2.45) is 5.92 Å². The molecule has 0 aromatic heterocycles. The molecule has 0 radical (unpaired) electrons. The van der Waals surface area contributed by atoms with Crippen molar-refractivity contribution in [3.63, 3.8) is 0 Å².